The van der Waals surface area contributed by atoms with Crippen LogP contribution in [-0.4, -0.2) is 48.2 Å². The van der Waals surface area contributed by atoms with E-state index in [0.717, 1.165) is 133 Å². The van der Waals surface area contributed by atoms with Gasteiger partial charge in [0.2, 0.25) is 0 Å². The fourth-order valence-electron chi connectivity index (χ4n) is 18.3. The van der Waals surface area contributed by atoms with Crippen LogP contribution < -0.4 is 5.46 Å². The van der Waals surface area contributed by atoms with Crippen LogP contribution in [0.25, 0.3) is 190 Å². The van der Waals surface area contributed by atoms with Crippen LogP contribution in [0.4, 0.5) is 0 Å². The van der Waals surface area contributed by atoms with Crippen LogP contribution in [0.5, 0.6) is 0 Å². The highest BCUT2D eigenvalue weighted by Crippen LogP contribution is 2.53. The lowest BCUT2D eigenvalue weighted by atomic mass is 9.78. The van der Waals surface area contributed by atoms with E-state index >= 15 is 0 Å². The first-order valence-corrected chi connectivity index (χ1v) is 43.3. The summed E-state index contributed by atoms with van der Waals surface area (Å²) in [4.78, 5) is 29.5. The Balaban J connectivity index is 0.000000127. The minimum atomic E-state index is -0.475. The number of hydrogen-bond donors (Lipinski definition) is 0. The summed E-state index contributed by atoms with van der Waals surface area (Å²) in [6.07, 6.45) is 0. The van der Waals surface area contributed by atoms with Crippen LogP contribution in [-0.2, 0) is 20.1 Å². The molecule has 0 N–H and O–H groups in total. The molecule has 614 valence electrons. The van der Waals surface area contributed by atoms with E-state index in [1.54, 1.807) is 0 Å². The Bertz CT molecular complexity index is 7470. The Hall–Kier alpha value is -14.6. The van der Waals surface area contributed by atoms with E-state index in [9.17, 15) is 0 Å². The van der Waals surface area contributed by atoms with Crippen molar-refractivity contribution in [3.63, 3.8) is 0 Å². The third kappa shape index (κ3) is 14.8. The summed E-state index contributed by atoms with van der Waals surface area (Å²) in [6, 6.07) is 130. The Morgan fingerprint density at radius 2 is 0.496 bits per heavy atom. The van der Waals surface area contributed by atoms with Gasteiger partial charge in [-0.1, -0.05) is 374 Å². The maximum absolute atomic E-state index is 7.06. The lowest BCUT2D eigenvalue weighted by Gasteiger charge is -2.32. The van der Waals surface area contributed by atoms with Gasteiger partial charge in [-0.05, 0) is 160 Å². The summed E-state index contributed by atoms with van der Waals surface area (Å²) < 4.78 is 26.5. The highest BCUT2D eigenvalue weighted by Gasteiger charge is 2.53. The molecule has 1 saturated heterocycles. The number of benzene rings is 16. The molecule has 10 nitrogen and oxygen atoms in total. The minimum Gasteiger partial charge on any atom is -0.456 e. The fourth-order valence-corrected chi connectivity index (χ4v) is 18.6. The highest BCUT2D eigenvalue weighted by atomic mass is 35.5. The second-order valence-electron chi connectivity index (χ2n) is 34.8. The van der Waals surface area contributed by atoms with E-state index in [4.69, 9.17) is 59.6 Å². The zero-order valence-electron chi connectivity index (χ0n) is 71.1. The van der Waals surface area contributed by atoms with Crippen LogP contribution in [0.15, 0.2) is 385 Å². The largest absolute Gasteiger partial charge is 0.498 e. The summed E-state index contributed by atoms with van der Waals surface area (Å²) in [5, 5.41) is 4.99. The number of furan rings is 2. The van der Waals surface area contributed by atoms with Crippen molar-refractivity contribution in [2.75, 3.05) is 0 Å². The van der Waals surface area contributed by atoms with E-state index in [1.165, 1.54) is 50.1 Å². The Labute approximate surface area is 745 Å². The third-order valence-corrected chi connectivity index (χ3v) is 25.9. The first-order chi connectivity index (χ1) is 61.3. The second kappa shape index (κ2) is 32.5. The number of rotatable bonds is 12. The van der Waals surface area contributed by atoms with Crippen molar-refractivity contribution in [3.05, 3.63) is 403 Å². The number of para-hydroxylation sites is 4. The van der Waals surface area contributed by atoms with Crippen molar-refractivity contribution in [1.29, 1.82) is 0 Å². The van der Waals surface area contributed by atoms with E-state index in [1.807, 2.05) is 158 Å². The summed E-state index contributed by atoms with van der Waals surface area (Å²) >= 11 is 6.49. The standard InChI is InChI=1S/C54H37N3O.C33H31BO3.C27H18ClN3.CH4/c1-54(2)47-27-13-12-22-43(47)44-29-28-37(33-48(44)54)41-23-14-25-45-46-26-15-24-42(50(46)58-49(41)45)39-30-38(34-16-6-3-7-17-34)31-40(32-39)53-56-51(35-18-8-4-9-19-35)55-52(57-53)36-20-10-5-11-21-36;1-31(2)26-15-8-7-11-22(26)23-18-17-20(19-27(23)31)21-12-9-13-24-25-14-10-16-28(30(25)35-29(21)24)34-36-32(3,4)33(5,6)37-34;28-24-17-22(19-10-4-1-5-11-19)16-23(18-24)27-30-25(20-12-6-2-7-13-20)29-26(31-27)21-14-8-3-9-15-21;/h3-33H,1-2H3;7-19H,1-6H3;1-18H;1H4. The van der Waals surface area contributed by atoms with Gasteiger partial charge in [-0.25, -0.2) is 29.9 Å². The molecule has 0 unspecified atom stereocenters. The van der Waals surface area contributed by atoms with E-state index in [2.05, 4.69) is 274 Å². The smallest absolute Gasteiger partial charge is 0.456 e. The van der Waals surface area contributed by atoms with Gasteiger partial charge < -0.3 is 18.1 Å². The molecule has 5 heterocycles. The zero-order valence-corrected chi connectivity index (χ0v) is 71.8. The topological polar surface area (TPSA) is 122 Å². The van der Waals surface area contributed by atoms with Crippen molar-refractivity contribution in [2.24, 2.45) is 0 Å². The van der Waals surface area contributed by atoms with Crippen LogP contribution in [0.2, 0.25) is 5.02 Å². The molecule has 0 amide bonds. The summed E-state index contributed by atoms with van der Waals surface area (Å²) in [6.45, 7) is 17.6. The van der Waals surface area contributed by atoms with Gasteiger partial charge in [0.05, 0.1) is 11.2 Å². The number of nitrogens with zero attached hydrogens (tertiary/aromatic N) is 6. The maximum atomic E-state index is 7.06. The van der Waals surface area contributed by atoms with E-state index in [-0.39, 0.29) is 18.3 Å². The SMILES string of the molecule is C.CC1(C)c2ccccc2-c2ccc(-c3cccc4c3oc3c(-c5cc(-c6ccccc6)cc(-c6nc(-c7ccccc7)nc(-c7ccccc7)n6)c5)cccc34)cc21.CC1(C)c2ccccc2-c2ccc(-c3cccc4c3oc3c(B5OC(C)(C)C(C)(C)O5)cccc34)cc21.Clc1cc(-c2ccccc2)cc(-c2nc(-c3ccccc3)nc(-c3ccccc3)n2)c1. The van der Waals surface area contributed by atoms with Crippen molar-refractivity contribution < 1.29 is 18.1 Å². The molecule has 16 aromatic carbocycles. The zero-order chi connectivity index (χ0) is 85.6. The van der Waals surface area contributed by atoms with Gasteiger partial charge in [-0.3, -0.25) is 0 Å². The molecule has 12 heteroatoms. The molecule has 1 aliphatic heterocycles. The molecule has 1 fully saturated rings. The molecule has 4 aromatic heterocycles. The molecule has 23 rings (SSSR count). The van der Waals surface area contributed by atoms with Gasteiger partial charge in [0.25, 0.3) is 0 Å². The van der Waals surface area contributed by atoms with Crippen molar-refractivity contribution in [1.82, 2.24) is 29.9 Å². The monoisotopic (exact) mass is 1660 g/mol. The van der Waals surface area contributed by atoms with Gasteiger partial charge in [0.15, 0.2) is 34.9 Å². The molecule has 0 saturated carbocycles. The Morgan fingerprint density at radius 1 is 0.220 bits per heavy atom. The molecule has 0 spiro atoms. The highest BCUT2D eigenvalue weighted by molar-refractivity contribution is 6.65. The first-order valence-electron chi connectivity index (χ1n) is 42.9. The summed E-state index contributed by atoms with van der Waals surface area (Å²) in [5.41, 5.74) is 30.5. The molecular weight excluding hydrogens is 1580 g/mol. The van der Waals surface area contributed by atoms with E-state index < -0.39 is 18.3 Å². The number of fused-ring (bicyclic) bond motifs is 12. The van der Waals surface area contributed by atoms with Crippen LogP contribution >= 0.6 is 11.6 Å². The molecule has 3 aliphatic rings. The van der Waals surface area contributed by atoms with Gasteiger partial charge in [-0.15, -0.1) is 0 Å². The minimum absolute atomic E-state index is 0. The molecule has 0 bridgehead atoms. The van der Waals surface area contributed by atoms with Gasteiger partial charge in [0, 0.05) is 92.9 Å². The maximum Gasteiger partial charge on any atom is 0.498 e. The molecule has 127 heavy (non-hydrogen) atoms. The lowest BCUT2D eigenvalue weighted by molar-refractivity contribution is 0.00578. The number of aromatic nitrogens is 6. The molecule has 20 aromatic rings. The molecule has 2 aliphatic carbocycles. The Kier molecular flexibility index (Phi) is 20.7. The third-order valence-electron chi connectivity index (χ3n) is 25.6. The van der Waals surface area contributed by atoms with Crippen LogP contribution in [0.1, 0.15) is 85.1 Å². The van der Waals surface area contributed by atoms with Crippen molar-refractivity contribution in [2.45, 2.75) is 84.8 Å². The number of halogens is 1. The van der Waals surface area contributed by atoms with Gasteiger partial charge >= 0.3 is 7.12 Å². The summed E-state index contributed by atoms with van der Waals surface area (Å²) in [7, 11) is -0.475. The number of hydrogen-bond acceptors (Lipinski definition) is 10. The van der Waals surface area contributed by atoms with Crippen molar-refractivity contribution >= 4 is 68.1 Å². The normalized spacial score (nSPS) is 14.0. The molecule has 0 radical (unpaired) electrons. The Morgan fingerprint density at radius 3 is 0.890 bits per heavy atom. The quantitative estimate of drug-likeness (QED) is 0.109. The fraction of sp³-hybridized carbons (Fsp3) is 0.113. The van der Waals surface area contributed by atoms with E-state index in [0.29, 0.717) is 40.0 Å². The lowest BCUT2D eigenvalue weighted by Crippen LogP contribution is -2.41. The molecular formula is C115H90BClN6O4. The van der Waals surface area contributed by atoms with Crippen molar-refractivity contribution in [3.8, 4) is 146 Å². The van der Waals surface area contributed by atoms with Gasteiger partial charge in [-0.2, -0.15) is 0 Å². The van der Waals surface area contributed by atoms with Gasteiger partial charge in [0.1, 0.15) is 22.3 Å². The average molecular weight is 1670 g/mol. The predicted octanol–water partition coefficient (Wildman–Crippen LogP) is 29.8. The van der Waals surface area contributed by atoms with Crippen LogP contribution in [0.3, 0.4) is 0 Å². The molecule has 0 atom stereocenters. The first kappa shape index (κ1) is 80.8. The predicted molar refractivity (Wildman–Crippen MR) is 523 cm³/mol. The average Bonchev–Trinajstić information content (AvgIpc) is 1.56. The second-order valence-corrected chi connectivity index (χ2v) is 35.2. The summed E-state index contributed by atoms with van der Waals surface area (Å²) in [5.74, 6) is 3.71. The van der Waals surface area contributed by atoms with Crippen LogP contribution in [0, 0.1) is 0 Å².